The minimum absolute atomic E-state index is 0.0335. The summed E-state index contributed by atoms with van der Waals surface area (Å²) in [5.74, 6) is -0.131. The number of methoxy groups -OCH3 is 1. The van der Waals surface area contributed by atoms with Gasteiger partial charge in [0, 0.05) is 12.0 Å². The molecule has 1 aromatic carbocycles. The van der Waals surface area contributed by atoms with Crippen LogP contribution in [0.1, 0.15) is 18.4 Å². The van der Waals surface area contributed by atoms with Gasteiger partial charge in [-0.05, 0) is 37.1 Å². The number of nitrogens with one attached hydrogen (secondary N) is 1. The third-order valence-electron chi connectivity index (χ3n) is 3.54. The fourth-order valence-electron chi connectivity index (χ4n) is 2.44. The van der Waals surface area contributed by atoms with Gasteiger partial charge in [0.25, 0.3) is 0 Å². The molecule has 2 rings (SSSR count). The van der Waals surface area contributed by atoms with Crippen molar-refractivity contribution in [2.45, 2.75) is 18.3 Å². The van der Waals surface area contributed by atoms with Crippen molar-refractivity contribution >= 4 is 0 Å². The summed E-state index contributed by atoms with van der Waals surface area (Å²) < 4.78 is 18.6. The van der Waals surface area contributed by atoms with E-state index < -0.39 is 0 Å². The van der Waals surface area contributed by atoms with Gasteiger partial charge in [0.1, 0.15) is 0 Å². The van der Waals surface area contributed by atoms with Gasteiger partial charge in [-0.2, -0.15) is 0 Å². The molecule has 0 amide bonds. The standard InChI is InChI=1S/C13H18FNO2/c1-17-12-4-3-10(7-11(12)14)13(9-16)5-2-6-15-8-13/h3-4,7,15-16H,2,5-6,8-9H2,1H3. The van der Waals surface area contributed by atoms with Crippen LogP contribution in [0.15, 0.2) is 18.2 Å². The van der Waals surface area contributed by atoms with Gasteiger partial charge in [-0.25, -0.2) is 4.39 Å². The van der Waals surface area contributed by atoms with Gasteiger partial charge in [-0.3, -0.25) is 0 Å². The molecule has 1 atom stereocenters. The average molecular weight is 239 g/mol. The van der Waals surface area contributed by atoms with Crippen LogP contribution in [-0.4, -0.2) is 31.9 Å². The lowest BCUT2D eigenvalue weighted by Crippen LogP contribution is -2.46. The molecule has 94 valence electrons. The van der Waals surface area contributed by atoms with Crippen molar-refractivity contribution in [3.05, 3.63) is 29.6 Å². The topological polar surface area (TPSA) is 41.5 Å². The van der Waals surface area contributed by atoms with E-state index in [2.05, 4.69) is 5.32 Å². The molecule has 17 heavy (non-hydrogen) atoms. The smallest absolute Gasteiger partial charge is 0.165 e. The van der Waals surface area contributed by atoms with Crippen molar-refractivity contribution in [3.63, 3.8) is 0 Å². The molecule has 1 heterocycles. The summed E-state index contributed by atoms with van der Waals surface area (Å²) in [6.07, 6.45) is 1.87. The third kappa shape index (κ3) is 2.28. The number of hydrogen-bond donors (Lipinski definition) is 2. The number of hydrogen-bond acceptors (Lipinski definition) is 3. The Morgan fingerprint density at radius 1 is 1.53 bits per heavy atom. The van der Waals surface area contributed by atoms with Gasteiger partial charge in [0.05, 0.1) is 13.7 Å². The molecule has 1 saturated heterocycles. The molecule has 1 aliphatic heterocycles. The van der Waals surface area contributed by atoms with E-state index in [1.54, 1.807) is 6.07 Å². The van der Waals surface area contributed by atoms with Crippen LogP contribution in [0.25, 0.3) is 0 Å². The molecule has 3 nitrogen and oxygen atoms in total. The number of ether oxygens (including phenoxy) is 1. The zero-order valence-electron chi connectivity index (χ0n) is 10.0. The summed E-state index contributed by atoms with van der Waals surface area (Å²) >= 11 is 0. The van der Waals surface area contributed by atoms with Crippen LogP contribution in [0.4, 0.5) is 4.39 Å². The number of halogens is 1. The number of benzene rings is 1. The van der Waals surface area contributed by atoms with Crippen LogP contribution >= 0.6 is 0 Å². The predicted octanol–water partition coefficient (Wildman–Crippen LogP) is 1.45. The summed E-state index contributed by atoms with van der Waals surface area (Å²) in [7, 11) is 1.45. The number of piperidine rings is 1. The third-order valence-corrected chi connectivity index (χ3v) is 3.54. The molecule has 1 aliphatic rings. The Labute approximate surface area is 101 Å². The highest BCUT2D eigenvalue weighted by molar-refractivity contribution is 5.34. The maximum atomic E-state index is 13.7. The lowest BCUT2D eigenvalue weighted by atomic mass is 9.75. The maximum absolute atomic E-state index is 13.7. The van der Waals surface area contributed by atoms with Gasteiger partial charge in [0.2, 0.25) is 0 Å². The summed E-state index contributed by atoms with van der Waals surface area (Å²) in [5, 5.41) is 12.9. The summed E-state index contributed by atoms with van der Waals surface area (Å²) in [4.78, 5) is 0. The normalized spacial score (nSPS) is 24.6. The molecule has 0 aromatic heterocycles. The van der Waals surface area contributed by atoms with Gasteiger partial charge in [0.15, 0.2) is 11.6 Å². The van der Waals surface area contributed by atoms with Crippen LogP contribution in [0.5, 0.6) is 5.75 Å². The van der Waals surface area contributed by atoms with Crippen molar-refractivity contribution in [3.8, 4) is 5.75 Å². The van der Waals surface area contributed by atoms with Crippen LogP contribution in [-0.2, 0) is 5.41 Å². The van der Waals surface area contributed by atoms with E-state index >= 15 is 0 Å². The quantitative estimate of drug-likeness (QED) is 0.839. The number of aliphatic hydroxyl groups excluding tert-OH is 1. The molecular formula is C13H18FNO2. The Morgan fingerprint density at radius 2 is 2.35 bits per heavy atom. The van der Waals surface area contributed by atoms with Crippen LogP contribution in [0, 0.1) is 5.82 Å². The lowest BCUT2D eigenvalue weighted by molar-refractivity contribution is 0.162. The largest absolute Gasteiger partial charge is 0.494 e. The highest BCUT2D eigenvalue weighted by Crippen LogP contribution is 2.33. The highest BCUT2D eigenvalue weighted by atomic mass is 19.1. The molecule has 0 bridgehead atoms. The number of rotatable bonds is 3. The maximum Gasteiger partial charge on any atom is 0.165 e. The van der Waals surface area contributed by atoms with E-state index in [0.717, 1.165) is 24.9 Å². The van der Waals surface area contributed by atoms with E-state index in [9.17, 15) is 9.50 Å². The SMILES string of the molecule is COc1ccc(C2(CO)CCCNC2)cc1F. The van der Waals surface area contributed by atoms with Crippen LogP contribution in [0.3, 0.4) is 0 Å². The Kier molecular flexibility index (Phi) is 3.64. The van der Waals surface area contributed by atoms with Gasteiger partial charge in [-0.1, -0.05) is 6.07 Å². The van der Waals surface area contributed by atoms with Crippen molar-refractivity contribution < 1.29 is 14.2 Å². The lowest BCUT2D eigenvalue weighted by Gasteiger charge is -2.36. The molecule has 2 N–H and O–H groups in total. The van der Waals surface area contributed by atoms with Crippen molar-refractivity contribution in [2.24, 2.45) is 0 Å². The molecule has 4 heteroatoms. The summed E-state index contributed by atoms with van der Waals surface area (Å²) in [5.41, 5.74) is 0.483. The first kappa shape index (κ1) is 12.3. The number of aliphatic hydroxyl groups is 1. The van der Waals surface area contributed by atoms with E-state index in [1.807, 2.05) is 6.07 Å². The van der Waals surface area contributed by atoms with Crippen LogP contribution < -0.4 is 10.1 Å². The Bertz CT molecular complexity index is 389. The fourth-order valence-corrected chi connectivity index (χ4v) is 2.44. The first-order valence-corrected chi connectivity index (χ1v) is 5.87. The molecule has 0 saturated carbocycles. The minimum Gasteiger partial charge on any atom is -0.494 e. The first-order chi connectivity index (χ1) is 8.22. The predicted molar refractivity (Wildman–Crippen MR) is 63.8 cm³/mol. The monoisotopic (exact) mass is 239 g/mol. The van der Waals surface area contributed by atoms with Crippen LogP contribution in [0.2, 0.25) is 0 Å². The molecule has 1 fully saturated rings. The van der Waals surface area contributed by atoms with E-state index in [1.165, 1.54) is 13.2 Å². The molecular weight excluding hydrogens is 221 g/mol. The Hall–Kier alpha value is -1.13. The zero-order chi connectivity index (χ0) is 12.3. The van der Waals surface area contributed by atoms with Gasteiger partial charge in [-0.15, -0.1) is 0 Å². The van der Waals surface area contributed by atoms with Crippen molar-refractivity contribution in [2.75, 3.05) is 26.8 Å². The second-order valence-electron chi connectivity index (χ2n) is 4.57. The first-order valence-electron chi connectivity index (χ1n) is 5.87. The van der Waals surface area contributed by atoms with E-state index in [0.29, 0.717) is 6.54 Å². The Balaban J connectivity index is 2.33. The van der Waals surface area contributed by atoms with E-state index in [-0.39, 0.29) is 23.6 Å². The average Bonchev–Trinajstić information content (AvgIpc) is 2.39. The van der Waals surface area contributed by atoms with Crippen molar-refractivity contribution in [1.29, 1.82) is 0 Å². The van der Waals surface area contributed by atoms with Gasteiger partial charge < -0.3 is 15.2 Å². The molecule has 1 aromatic rings. The molecule has 0 spiro atoms. The second kappa shape index (κ2) is 5.02. The van der Waals surface area contributed by atoms with E-state index in [4.69, 9.17) is 4.74 Å². The Morgan fingerprint density at radius 3 is 2.88 bits per heavy atom. The zero-order valence-corrected chi connectivity index (χ0v) is 10.0. The summed E-state index contributed by atoms with van der Waals surface area (Å²) in [6, 6.07) is 4.93. The summed E-state index contributed by atoms with van der Waals surface area (Å²) in [6.45, 7) is 1.68. The molecule has 0 aliphatic carbocycles. The van der Waals surface area contributed by atoms with Crippen molar-refractivity contribution in [1.82, 2.24) is 5.32 Å². The minimum atomic E-state index is -0.372. The second-order valence-corrected chi connectivity index (χ2v) is 4.57. The highest BCUT2D eigenvalue weighted by Gasteiger charge is 2.33. The van der Waals surface area contributed by atoms with Gasteiger partial charge >= 0.3 is 0 Å². The fraction of sp³-hybridized carbons (Fsp3) is 0.538. The molecule has 0 radical (unpaired) electrons. The molecule has 1 unspecified atom stereocenters.